The van der Waals surface area contributed by atoms with Crippen molar-refractivity contribution in [1.29, 1.82) is 0 Å². The lowest BCUT2D eigenvalue weighted by Gasteiger charge is -2.30. The van der Waals surface area contributed by atoms with E-state index in [0.717, 1.165) is 17.4 Å². The summed E-state index contributed by atoms with van der Waals surface area (Å²) in [5, 5.41) is 5.70. The minimum Gasteiger partial charge on any atom is -0.310 e. The quantitative estimate of drug-likeness (QED) is 0.852. The highest BCUT2D eigenvalue weighted by molar-refractivity contribution is 7.14. The first kappa shape index (κ1) is 15.0. The summed E-state index contributed by atoms with van der Waals surface area (Å²) >= 11 is 7.54. The van der Waals surface area contributed by atoms with Crippen molar-refractivity contribution in [3.63, 3.8) is 0 Å². The van der Waals surface area contributed by atoms with Gasteiger partial charge >= 0.3 is 0 Å². The average molecular weight is 275 g/mol. The van der Waals surface area contributed by atoms with E-state index in [1.807, 2.05) is 6.07 Å². The fraction of sp³-hybridized carbons (Fsp3) is 0.692. The number of halogens is 1. The largest absolute Gasteiger partial charge is 0.310 e. The smallest absolute Gasteiger partial charge is 0.0931 e. The number of thiophene rings is 1. The van der Waals surface area contributed by atoms with Crippen LogP contribution in [0.3, 0.4) is 0 Å². The maximum absolute atomic E-state index is 5.95. The van der Waals surface area contributed by atoms with E-state index in [9.17, 15) is 0 Å². The minimum absolute atomic E-state index is 0.275. The highest BCUT2D eigenvalue weighted by Gasteiger charge is 2.20. The van der Waals surface area contributed by atoms with E-state index in [1.54, 1.807) is 11.3 Å². The molecule has 0 saturated carbocycles. The zero-order valence-electron chi connectivity index (χ0n) is 11.4. The maximum Gasteiger partial charge on any atom is 0.0931 e. The molecule has 1 aromatic rings. The predicted molar refractivity (Wildman–Crippen MR) is 78.1 cm³/mol. The first-order chi connectivity index (χ1) is 7.80. The summed E-state index contributed by atoms with van der Waals surface area (Å²) in [6.45, 7) is 8.84. The second-order valence-electron chi connectivity index (χ2n) is 5.69. The van der Waals surface area contributed by atoms with Crippen molar-refractivity contribution in [2.24, 2.45) is 5.41 Å². The molecule has 0 aliphatic carbocycles. The molecule has 1 unspecified atom stereocenters. The van der Waals surface area contributed by atoms with E-state index in [4.69, 9.17) is 11.6 Å². The predicted octanol–water partition coefficient (Wildman–Crippen LogP) is 3.64. The summed E-state index contributed by atoms with van der Waals surface area (Å²) in [6, 6.07) is 2.41. The molecule has 1 heterocycles. The van der Waals surface area contributed by atoms with E-state index in [1.165, 1.54) is 5.56 Å². The van der Waals surface area contributed by atoms with E-state index in [2.05, 4.69) is 50.5 Å². The fourth-order valence-electron chi connectivity index (χ4n) is 2.01. The van der Waals surface area contributed by atoms with Crippen molar-refractivity contribution in [1.82, 2.24) is 10.2 Å². The first-order valence-electron chi connectivity index (χ1n) is 5.92. The fourth-order valence-corrected chi connectivity index (χ4v) is 2.99. The third-order valence-electron chi connectivity index (χ3n) is 2.72. The first-order valence-corrected chi connectivity index (χ1v) is 7.18. The summed E-state index contributed by atoms with van der Waals surface area (Å²) in [5.74, 6) is 0. The number of hydrogen-bond donors (Lipinski definition) is 1. The van der Waals surface area contributed by atoms with Crippen molar-refractivity contribution >= 4 is 22.9 Å². The van der Waals surface area contributed by atoms with E-state index in [0.29, 0.717) is 6.04 Å². The summed E-state index contributed by atoms with van der Waals surface area (Å²) in [6.07, 6.45) is 0. The van der Waals surface area contributed by atoms with Crippen molar-refractivity contribution in [3.05, 3.63) is 21.3 Å². The van der Waals surface area contributed by atoms with Crippen LogP contribution in [0.1, 0.15) is 32.4 Å². The number of nitrogens with one attached hydrogen (secondary N) is 1. The van der Waals surface area contributed by atoms with Crippen molar-refractivity contribution < 1.29 is 0 Å². The van der Waals surface area contributed by atoms with Gasteiger partial charge in [-0.15, -0.1) is 11.3 Å². The van der Waals surface area contributed by atoms with Gasteiger partial charge in [-0.05, 0) is 43.4 Å². The Morgan fingerprint density at radius 1 is 1.47 bits per heavy atom. The van der Waals surface area contributed by atoms with Crippen LogP contribution in [0.5, 0.6) is 0 Å². The molecule has 0 aromatic carbocycles. The zero-order chi connectivity index (χ0) is 13.1. The van der Waals surface area contributed by atoms with Crippen LogP contribution in [0.4, 0.5) is 0 Å². The van der Waals surface area contributed by atoms with Crippen LogP contribution in [0.25, 0.3) is 0 Å². The van der Waals surface area contributed by atoms with Crippen LogP contribution in [-0.2, 0) is 0 Å². The average Bonchev–Trinajstić information content (AvgIpc) is 2.59. The molecule has 1 aromatic heterocycles. The van der Waals surface area contributed by atoms with Gasteiger partial charge in [0.25, 0.3) is 0 Å². The van der Waals surface area contributed by atoms with Crippen molar-refractivity contribution in [2.45, 2.75) is 26.8 Å². The Hall–Kier alpha value is -0.0900. The van der Waals surface area contributed by atoms with Crippen LogP contribution in [0.2, 0.25) is 4.34 Å². The monoisotopic (exact) mass is 274 g/mol. The molecular weight excluding hydrogens is 252 g/mol. The van der Waals surface area contributed by atoms with Crippen LogP contribution in [-0.4, -0.2) is 32.1 Å². The Labute approximate surface area is 114 Å². The normalized spacial score (nSPS) is 14.3. The van der Waals surface area contributed by atoms with Gasteiger partial charge in [0.2, 0.25) is 0 Å². The molecule has 0 spiro atoms. The standard InChI is InChI=1S/C13H23ClN2S/c1-10(11-6-12(14)17-7-11)15-8-13(2,3)9-16(4)5/h6-7,10,15H,8-9H2,1-5H3. The third-order valence-corrected chi connectivity index (χ3v) is 3.83. The van der Waals surface area contributed by atoms with Gasteiger partial charge in [-0.2, -0.15) is 0 Å². The number of hydrogen-bond acceptors (Lipinski definition) is 3. The Morgan fingerprint density at radius 2 is 2.12 bits per heavy atom. The second-order valence-corrected chi connectivity index (χ2v) is 7.23. The third kappa shape index (κ3) is 5.38. The molecule has 1 N–H and O–H groups in total. The van der Waals surface area contributed by atoms with Gasteiger partial charge in [0, 0.05) is 19.1 Å². The van der Waals surface area contributed by atoms with Crippen LogP contribution in [0.15, 0.2) is 11.4 Å². The van der Waals surface area contributed by atoms with Crippen LogP contribution in [0, 0.1) is 5.41 Å². The molecule has 0 bridgehead atoms. The molecule has 0 aliphatic heterocycles. The molecule has 4 heteroatoms. The van der Waals surface area contributed by atoms with Crippen LogP contribution < -0.4 is 5.32 Å². The SMILES string of the molecule is CC(NCC(C)(C)CN(C)C)c1csc(Cl)c1. The topological polar surface area (TPSA) is 15.3 Å². The Balaban J connectivity index is 2.45. The van der Waals surface area contributed by atoms with Gasteiger partial charge in [0.05, 0.1) is 4.34 Å². The number of rotatable bonds is 6. The van der Waals surface area contributed by atoms with Gasteiger partial charge in [-0.3, -0.25) is 0 Å². The van der Waals surface area contributed by atoms with Gasteiger partial charge in [-0.1, -0.05) is 25.4 Å². The van der Waals surface area contributed by atoms with E-state index >= 15 is 0 Å². The Morgan fingerprint density at radius 3 is 2.59 bits per heavy atom. The Kier molecular flexibility index (Phi) is 5.45. The minimum atomic E-state index is 0.275. The molecule has 17 heavy (non-hydrogen) atoms. The number of nitrogens with zero attached hydrogens (tertiary/aromatic N) is 1. The lowest BCUT2D eigenvalue weighted by atomic mass is 9.92. The maximum atomic E-state index is 5.95. The molecule has 0 fully saturated rings. The molecular formula is C13H23ClN2S. The van der Waals surface area contributed by atoms with Gasteiger partial charge in [0.1, 0.15) is 0 Å². The highest BCUT2D eigenvalue weighted by Crippen LogP contribution is 2.25. The summed E-state index contributed by atoms with van der Waals surface area (Å²) in [7, 11) is 4.23. The highest BCUT2D eigenvalue weighted by atomic mass is 35.5. The van der Waals surface area contributed by atoms with Gasteiger partial charge in [-0.25, -0.2) is 0 Å². The Bertz CT molecular complexity index is 347. The van der Waals surface area contributed by atoms with Crippen LogP contribution >= 0.6 is 22.9 Å². The van der Waals surface area contributed by atoms with E-state index < -0.39 is 0 Å². The molecule has 2 nitrogen and oxygen atoms in total. The van der Waals surface area contributed by atoms with Crippen molar-refractivity contribution in [2.75, 3.05) is 27.2 Å². The lowest BCUT2D eigenvalue weighted by molar-refractivity contribution is 0.227. The molecule has 0 saturated heterocycles. The molecule has 0 amide bonds. The molecule has 98 valence electrons. The molecule has 0 aliphatic rings. The summed E-state index contributed by atoms with van der Waals surface area (Å²) in [4.78, 5) is 2.23. The summed E-state index contributed by atoms with van der Waals surface area (Å²) in [5.41, 5.74) is 1.55. The molecule has 1 atom stereocenters. The molecule has 1 rings (SSSR count). The lowest BCUT2D eigenvalue weighted by Crippen LogP contribution is -2.38. The van der Waals surface area contributed by atoms with Gasteiger partial charge in [0.15, 0.2) is 0 Å². The van der Waals surface area contributed by atoms with Gasteiger partial charge < -0.3 is 10.2 Å². The summed E-state index contributed by atoms with van der Waals surface area (Å²) < 4.78 is 0.862. The van der Waals surface area contributed by atoms with Crippen molar-refractivity contribution in [3.8, 4) is 0 Å². The molecule has 0 radical (unpaired) electrons. The van der Waals surface area contributed by atoms with E-state index in [-0.39, 0.29) is 5.41 Å². The zero-order valence-corrected chi connectivity index (χ0v) is 13.0. The second kappa shape index (κ2) is 6.19.